The normalized spacial score (nSPS) is 24.6. The van der Waals surface area contributed by atoms with Crippen LogP contribution in [0.25, 0.3) is 0 Å². The zero-order valence-electron chi connectivity index (χ0n) is 17.3. The number of imide groups is 1. The van der Waals surface area contributed by atoms with Gasteiger partial charge < -0.3 is 10.2 Å². The molecule has 3 aliphatic heterocycles. The van der Waals surface area contributed by atoms with Crippen LogP contribution in [0.4, 0.5) is 0 Å². The van der Waals surface area contributed by atoms with E-state index >= 15 is 0 Å². The van der Waals surface area contributed by atoms with E-state index in [2.05, 4.69) is 35.4 Å². The lowest BCUT2D eigenvalue weighted by atomic mass is 9.88. The van der Waals surface area contributed by atoms with Crippen LogP contribution in [0.2, 0.25) is 0 Å². The first-order valence-corrected chi connectivity index (χ1v) is 10.7. The summed E-state index contributed by atoms with van der Waals surface area (Å²) in [6.45, 7) is 8.71. The minimum atomic E-state index is -0.558. The first-order valence-electron chi connectivity index (χ1n) is 10.7. The lowest BCUT2D eigenvalue weighted by Crippen LogP contribution is -2.60. The molecular formula is C22H30N4O3. The molecule has 3 heterocycles. The molecule has 0 aliphatic carbocycles. The monoisotopic (exact) mass is 398 g/mol. The van der Waals surface area contributed by atoms with E-state index in [9.17, 15) is 14.4 Å². The number of amides is 3. The predicted molar refractivity (Wildman–Crippen MR) is 109 cm³/mol. The van der Waals surface area contributed by atoms with Crippen molar-refractivity contribution in [3.05, 3.63) is 34.9 Å². The maximum atomic E-state index is 13.0. The molecule has 0 radical (unpaired) electrons. The predicted octanol–water partition coefficient (Wildman–Crippen LogP) is 1.41. The van der Waals surface area contributed by atoms with Gasteiger partial charge in [-0.25, -0.2) is 0 Å². The molecule has 0 bridgehead atoms. The van der Waals surface area contributed by atoms with Crippen molar-refractivity contribution in [2.24, 2.45) is 0 Å². The van der Waals surface area contributed by atoms with Crippen LogP contribution < -0.4 is 10.6 Å². The number of carbonyl (C=O) groups excluding carboxylic acids is 3. The summed E-state index contributed by atoms with van der Waals surface area (Å²) in [4.78, 5) is 40.8. The number of piperazine rings is 1. The third-order valence-corrected chi connectivity index (χ3v) is 6.97. The van der Waals surface area contributed by atoms with Gasteiger partial charge in [0, 0.05) is 50.2 Å². The maximum Gasteiger partial charge on any atom is 0.255 e. The van der Waals surface area contributed by atoms with Crippen molar-refractivity contribution in [2.45, 2.75) is 64.2 Å². The number of nitrogens with zero attached hydrogens (tertiary/aromatic N) is 2. The molecule has 1 atom stereocenters. The highest BCUT2D eigenvalue weighted by atomic mass is 16.2. The van der Waals surface area contributed by atoms with E-state index in [1.807, 2.05) is 12.1 Å². The molecule has 1 unspecified atom stereocenters. The average molecular weight is 399 g/mol. The van der Waals surface area contributed by atoms with Crippen molar-refractivity contribution in [3.8, 4) is 0 Å². The molecule has 2 saturated heterocycles. The highest BCUT2D eigenvalue weighted by Gasteiger charge is 2.40. The highest BCUT2D eigenvalue weighted by molar-refractivity contribution is 6.05. The molecule has 7 heteroatoms. The zero-order chi connectivity index (χ0) is 20.6. The second-order valence-corrected chi connectivity index (χ2v) is 8.42. The summed E-state index contributed by atoms with van der Waals surface area (Å²) >= 11 is 0. The van der Waals surface area contributed by atoms with E-state index in [1.165, 1.54) is 0 Å². The Morgan fingerprint density at radius 3 is 2.69 bits per heavy atom. The lowest BCUT2D eigenvalue weighted by molar-refractivity contribution is -0.136. The minimum Gasteiger partial charge on any atom is -0.322 e. The van der Waals surface area contributed by atoms with Gasteiger partial charge in [-0.05, 0) is 36.5 Å². The number of nitrogens with one attached hydrogen (secondary N) is 2. The van der Waals surface area contributed by atoms with Crippen LogP contribution in [0.15, 0.2) is 18.2 Å². The Labute approximate surface area is 171 Å². The minimum absolute atomic E-state index is 0.103. The van der Waals surface area contributed by atoms with Crippen LogP contribution in [0.5, 0.6) is 0 Å². The fraction of sp³-hybridized carbons (Fsp3) is 0.591. The molecule has 0 aromatic heterocycles. The average Bonchev–Trinajstić information content (AvgIpc) is 3.04. The third kappa shape index (κ3) is 3.57. The van der Waals surface area contributed by atoms with Gasteiger partial charge in [-0.2, -0.15) is 0 Å². The topological polar surface area (TPSA) is 81.8 Å². The van der Waals surface area contributed by atoms with E-state index < -0.39 is 6.04 Å². The molecule has 1 aromatic rings. The summed E-state index contributed by atoms with van der Waals surface area (Å²) < 4.78 is 0. The smallest absolute Gasteiger partial charge is 0.255 e. The van der Waals surface area contributed by atoms with Gasteiger partial charge in [-0.15, -0.1) is 0 Å². The van der Waals surface area contributed by atoms with Crippen molar-refractivity contribution < 1.29 is 14.4 Å². The van der Waals surface area contributed by atoms with Gasteiger partial charge in [0.15, 0.2) is 0 Å². The number of piperidine rings is 1. The quantitative estimate of drug-likeness (QED) is 0.733. The summed E-state index contributed by atoms with van der Waals surface area (Å²) in [7, 11) is 0. The molecule has 2 N–H and O–H groups in total. The fourth-order valence-corrected chi connectivity index (χ4v) is 5.00. The summed E-state index contributed by atoms with van der Waals surface area (Å²) in [6, 6.07) is 5.58. The first kappa shape index (κ1) is 20.0. The molecule has 156 valence electrons. The van der Waals surface area contributed by atoms with Crippen molar-refractivity contribution in [2.75, 3.05) is 19.6 Å². The second kappa shape index (κ2) is 7.88. The summed E-state index contributed by atoms with van der Waals surface area (Å²) in [5.41, 5.74) is 2.94. The number of benzene rings is 1. The van der Waals surface area contributed by atoms with E-state index in [0.717, 1.165) is 50.1 Å². The van der Waals surface area contributed by atoms with Crippen LogP contribution in [-0.4, -0.2) is 58.7 Å². The second-order valence-electron chi connectivity index (χ2n) is 8.42. The Morgan fingerprint density at radius 2 is 1.97 bits per heavy atom. The number of hydrogen-bond acceptors (Lipinski definition) is 5. The highest BCUT2D eigenvalue weighted by Crippen LogP contribution is 2.31. The Kier molecular flexibility index (Phi) is 5.44. The number of fused-ring (bicyclic) bond motifs is 1. The van der Waals surface area contributed by atoms with Crippen LogP contribution in [-0.2, 0) is 22.7 Å². The SMILES string of the molecule is CCC1(CC)CNCCN1Cc1ccc2c(c1)C(=O)N(C1CCC(=O)NC1=O)C2. The largest absolute Gasteiger partial charge is 0.322 e. The Hall–Kier alpha value is -2.25. The van der Waals surface area contributed by atoms with Gasteiger partial charge in [-0.1, -0.05) is 26.0 Å². The molecule has 2 fully saturated rings. The summed E-state index contributed by atoms with van der Waals surface area (Å²) in [5.74, 6) is -0.725. The van der Waals surface area contributed by atoms with Crippen molar-refractivity contribution >= 4 is 17.7 Å². The van der Waals surface area contributed by atoms with E-state index in [0.29, 0.717) is 18.5 Å². The zero-order valence-corrected chi connectivity index (χ0v) is 17.3. The standard InChI is InChI=1S/C22H30N4O3/c1-3-22(4-2)14-23-9-10-25(22)12-15-5-6-16-13-26(21(29)17(16)11-15)18-7-8-19(27)24-20(18)28/h5-6,11,18,23H,3-4,7-10,12-14H2,1-2H3,(H,24,27,28). The Morgan fingerprint density at radius 1 is 1.17 bits per heavy atom. The molecule has 29 heavy (non-hydrogen) atoms. The Balaban J connectivity index is 1.52. The molecule has 7 nitrogen and oxygen atoms in total. The van der Waals surface area contributed by atoms with Crippen LogP contribution in [0, 0.1) is 0 Å². The number of carbonyl (C=O) groups is 3. The van der Waals surface area contributed by atoms with Gasteiger partial charge in [0.25, 0.3) is 5.91 Å². The van der Waals surface area contributed by atoms with Crippen LogP contribution in [0.1, 0.15) is 61.0 Å². The van der Waals surface area contributed by atoms with E-state index in [-0.39, 0.29) is 29.7 Å². The van der Waals surface area contributed by atoms with Crippen molar-refractivity contribution in [1.29, 1.82) is 0 Å². The molecule has 3 aliphatic rings. The third-order valence-electron chi connectivity index (χ3n) is 6.97. The number of hydrogen-bond donors (Lipinski definition) is 2. The number of rotatable bonds is 5. The summed E-state index contributed by atoms with van der Waals surface area (Å²) in [5, 5.41) is 5.88. The van der Waals surface area contributed by atoms with Gasteiger partial charge in [0.1, 0.15) is 6.04 Å². The first-order chi connectivity index (χ1) is 14.0. The molecular weight excluding hydrogens is 368 g/mol. The van der Waals surface area contributed by atoms with Gasteiger partial charge >= 0.3 is 0 Å². The van der Waals surface area contributed by atoms with Crippen molar-refractivity contribution in [3.63, 3.8) is 0 Å². The summed E-state index contributed by atoms with van der Waals surface area (Å²) in [6.07, 6.45) is 2.85. The van der Waals surface area contributed by atoms with Gasteiger partial charge in [0.05, 0.1) is 0 Å². The maximum absolute atomic E-state index is 13.0. The molecule has 4 rings (SSSR count). The molecule has 3 amide bonds. The molecule has 1 aromatic carbocycles. The molecule has 0 spiro atoms. The fourth-order valence-electron chi connectivity index (χ4n) is 5.00. The van der Waals surface area contributed by atoms with Crippen molar-refractivity contribution in [1.82, 2.24) is 20.4 Å². The van der Waals surface area contributed by atoms with E-state index in [1.54, 1.807) is 4.90 Å². The van der Waals surface area contributed by atoms with E-state index in [4.69, 9.17) is 0 Å². The lowest BCUT2D eigenvalue weighted by Gasteiger charge is -2.47. The van der Waals surface area contributed by atoms with Crippen LogP contribution in [0.3, 0.4) is 0 Å². The van der Waals surface area contributed by atoms with Gasteiger partial charge in [-0.3, -0.25) is 24.6 Å². The van der Waals surface area contributed by atoms with Crippen LogP contribution >= 0.6 is 0 Å². The molecule has 0 saturated carbocycles. The Bertz CT molecular complexity index is 833. The van der Waals surface area contributed by atoms with Gasteiger partial charge in [0.2, 0.25) is 11.8 Å².